The Hall–Kier alpha value is 0.350. The molecule has 0 aromatic carbocycles. The molecule has 1 heterocycles. The van der Waals surface area contributed by atoms with Crippen LogP contribution < -0.4 is 10.6 Å². The second-order valence-corrected chi connectivity index (χ2v) is 5.34. The number of rotatable bonds is 5. The number of thiophene rings is 1. The smallest absolute Gasteiger partial charge is 0.0656 e. The number of nitrogens with one attached hydrogen (secondary N) is 2. The summed E-state index contributed by atoms with van der Waals surface area (Å²) in [5, 5.41) is 8.66. The van der Waals surface area contributed by atoms with Gasteiger partial charge in [-0.2, -0.15) is 0 Å². The van der Waals surface area contributed by atoms with E-state index in [-0.39, 0.29) is 0 Å². The van der Waals surface area contributed by atoms with E-state index in [4.69, 9.17) is 0 Å². The van der Waals surface area contributed by atoms with Gasteiger partial charge in [-0.3, -0.25) is 0 Å². The first-order valence-corrected chi connectivity index (χ1v) is 5.87. The third-order valence-corrected chi connectivity index (χ3v) is 3.34. The lowest BCUT2D eigenvalue weighted by Gasteiger charge is -2.01. The van der Waals surface area contributed by atoms with Crippen LogP contribution in [0.1, 0.15) is 5.56 Å². The molecule has 1 aromatic rings. The molecule has 0 spiro atoms. The molecule has 1 rings (SSSR count). The van der Waals surface area contributed by atoms with Crippen LogP contribution in [0, 0.1) is 2.88 Å². The number of hydrogen-bond donors (Lipinski definition) is 2. The highest BCUT2D eigenvalue weighted by atomic mass is 127. The van der Waals surface area contributed by atoms with Gasteiger partial charge in [0.2, 0.25) is 0 Å². The lowest BCUT2D eigenvalue weighted by Crippen LogP contribution is -2.24. The highest BCUT2D eigenvalue weighted by Gasteiger charge is 1.95. The normalized spacial score (nSPS) is 10.5. The first-order chi connectivity index (χ1) is 5.83. The minimum absolute atomic E-state index is 0.987. The highest BCUT2D eigenvalue weighted by molar-refractivity contribution is 14.1. The molecule has 12 heavy (non-hydrogen) atoms. The summed E-state index contributed by atoms with van der Waals surface area (Å²) in [5.74, 6) is 0. The Kier molecular flexibility index (Phi) is 5.13. The van der Waals surface area contributed by atoms with Gasteiger partial charge < -0.3 is 10.6 Å². The Bertz CT molecular complexity index is 225. The molecule has 0 unspecified atom stereocenters. The number of halogens is 1. The van der Waals surface area contributed by atoms with Crippen molar-refractivity contribution >= 4 is 33.9 Å². The van der Waals surface area contributed by atoms with Gasteiger partial charge in [0.1, 0.15) is 0 Å². The molecule has 2 nitrogen and oxygen atoms in total. The van der Waals surface area contributed by atoms with Crippen LogP contribution >= 0.6 is 33.9 Å². The van der Waals surface area contributed by atoms with Crippen molar-refractivity contribution in [1.82, 2.24) is 10.6 Å². The molecule has 0 saturated heterocycles. The Balaban J connectivity index is 2.15. The maximum atomic E-state index is 3.36. The number of hydrogen-bond acceptors (Lipinski definition) is 3. The average Bonchev–Trinajstić information content (AvgIpc) is 2.45. The Labute approximate surface area is 90.9 Å². The molecule has 0 bridgehead atoms. The zero-order valence-electron chi connectivity index (χ0n) is 7.06. The third kappa shape index (κ3) is 3.84. The van der Waals surface area contributed by atoms with Crippen LogP contribution in [0.3, 0.4) is 0 Å². The molecule has 0 fully saturated rings. The molecule has 0 saturated carbocycles. The Morgan fingerprint density at radius 1 is 1.50 bits per heavy atom. The summed E-state index contributed by atoms with van der Waals surface area (Å²) in [4.78, 5) is 0. The maximum absolute atomic E-state index is 3.36. The lowest BCUT2D eigenvalue weighted by molar-refractivity contribution is 0.651. The Morgan fingerprint density at radius 3 is 2.92 bits per heavy atom. The molecule has 2 N–H and O–H groups in total. The van der Waals surface area contributed by atoms with Gasteiger partial charge >= 0.3 is 0 Å². The van der Waals surface area contributed by atoms with Crippen molar-refractivity contribution in [3.63, 3.8) is 0 Å². The van der Waals surface area contributed by atoms with E-state index in [1.807, 2.05) is 7.05 Å². The van der Waals surface area contributed by atoms with Gasteiger partial charge in [-0.05, 0) is 46.6 Å². The summed E-state index contributed by atoms with van der Waals surface area (Å²) in [6.45, 7) is 3.05. The van der Waals surface area contributed by atoms with Crippen molar-refractivity contribution in [3.05, 3.63) is 19.9 Å². The standard InChI is InChI=1S/C8H13IN2S/c1-10-2-3-11-5-7-4-8(9)12-6-7/h4,6,10-11H,2-3,5H2,1H3. The zero-order valence-corrected chi connectivity index (χ0v) is 10.0. The first-order valence-electron chi connectivity index (χ1n) is 3.91. The van der Waals surface area contributed by atoms with E-state index >= 15 is 0 Å². The average molecular weight is 296 g/mol. The fourth-order valence-electron chi connectivity index (χ4n) is 0.885. The van der Waals surface area contributed by atoms with Gasteiger partial charge in [-0.1, -0.05) is 0 Å². The van der Waals surface area contributed by atoms with Crippen LogP contribution in [0.4, 0.5) is 0 Å². The SMILES string of the molecule is CNCCNCc1csc(I)c1. The predicted octanol–water partition coefficient (Wildman–Crippen LogP) is 1.66. The molecule has 0 aliphatic heterocycles. The molecular weight excluding hydrogens is 283 g/mol. The van der Waals surface area contributed by atoms with E-state index in [0.717, 1.165) is 19.6 Å². The van der Waals surface area contributed by atoms with Gasteiger partial charge in [0, 0.05) is 19.6 Å². The first kappa shape index (κ1) is 10.4. The second kappa shape index (κ2) is 5.90. The maximum Gasteiger partial charge on any atom is 0.0656 e. The van der Waals surface area contributed by atoms with Crippen molar-refractivity contribution in [2.45, 2.75) is 6.54 Å². The molecule has 0 radical (unpaired) electrons. The molecule has 4 heteroatoms. The fourth-order valence-corrected chi connectivity index (χ4v) is 2.30. The summed E-state index contributed by atoms with van der Waals surface area (Å²) in [6.07, 6.45) is 0. The van der Waals surface area contributed by atoms with Crippen LogP contribution in [0.2, 0.25) is 0 Å². The molecule has 0 amide bonds. The summed E-state index contributed by atoms with van der Waals surface area (Å²) in [7, 11) is 1.97. The third-order valence-electron chi connectivity index (χ3n) is 1.50. The van der Waals surface area contributed by atoms with Gasteiger partial charge in [0.25, 0.3) is 0 Å². The molecule has 0 aliphatic carbocycles. The van der Waals surface area contributed by atoms with Crippen LogP contribution in [0.5, 0.6) is 0 Å². The second-order valence-electron chi connectivity index (χ2n) is 2.54. The van der Waals surface area contributed by atoms with E-state index < -0.39 is 0 Å². The summed E-state index contributed by atoms with van der Waals surface area (Å²) in [6, 6.07) is 2.22. The summed E-state index contributed by atoms with van der Waals surface area (Å²) < 4.78 is 1.36. The van der Waals surface area contributed by atoms with Crippen LogP contribution in [0.15, 0.2) is 11.4 Å². The van der Waals surface area contributed by atoms with E-state index in [9.17, 15) is 0 Å². The zero-order chi connectivity index (χ0) is 8.81. The van der Waals surface area contributed by atoms with Crippen LogP contribution in [-0.4, -0.2) is 20.1 Å². The van der Waals surface area contributed by atoms with E-state index in [0.29, 0.717) is 0 Å². The van der Waals surface area contributed by atoms with Crippen molar-refractivity contribution in [2.75, 3.05) is 20.1 Å². The van der Waals surface area contributed by atoms with Crippen LogP contribution in [-0.2, 0) is 6.54 Å². The monoisotopic (exact) mass is 296 g/mol. The van der Waals surface area contributed by atoms with Crippen molar-refractivity contribution < 1.29 is 0 Å². The van der Waals surface area contributed by atoms with Gasteiger partial charge in [0.05, 0.1) is 2.88 Å². The topological polar surface area (TPSA) is 24.1 Å². The molecule has 1 aromatic heterocycles. The van der Waals surface area contributed by atoms with E-state index in [1.54, 1.807) is 11.3 Å². The van der Waals surface area contributed by atoms with Crippen molar-refractivity contribution in [3.8, 4) is 0 Å². The fraction of sp³-hybridized carbons (Fsp3) is 0.500. The highest BCUT2D eigenvalue weighted by Crippen LogP contribution is 2.15. The lowest BCUT2D eigenvalue weighted by atomic mass is 10.3. The van der Waals surface area contributed by atoms with E-state index in [1.165, 1.54) is 8.45 Å². The molecule has 0 atom stereocenters. The molecular formula is C8H13IN2S. The van der Waals surface area contributed by atoms with Gasteiger partial charge in [0.15, 0.2) is 0 Å². The summed E-state index contributed by atoms with van der Waals surface area (Å²) in [5.41, 5.74) is 1.39. The van der Waals surface area contributed by atoms with Gasteiger partial charge in [-0.25, -0.2) is 0 Å². The largest absolute Gasteiger partial charge is 0.318 e. The van der Waals surface area contributed by atoms with E-state index in [2.05, 4.69) is 44.7 Å². The molecule has 68 valence electrons. The van der Waals surface area contributed by atoms with Crippen molar-refractivity contribution in [1.29, 1.82) is 0 Å². The minimum atomic E-state index is 0.987. The summed E-state index contributed by atoms with van der Waals surface area (Å²) >= 11 is 4.15. The van der Waals surface area contributed by atoms with Gasteiger partial charge in [-0.15, -0.1) is 11.3 Å². The molecule has 0 aliphatic rings. The van der Waals surface area contributed by atoms with Crippen molar-refractivity contribution in [2.24, 2.45) is 0 Å². The minimum Gasteiger partial charge on any atom is -0.318 e. The Morgan fingerprint density at radius 2 is 2.33 bits per heavy atom. The predicted molar refractivity (Wildman–Crippen MR) is 62.7 cm³/mol. The van der Waals surface area contributed by atoms with Crippen LogP contribution in [0.25, 0.3) is 0 Å². The quantitative estimate of drug-likeness (QED) is 0.638. The number of likely N-dealkylation sites (N-methyl/N-ethyl adjacent to an activating group) is 1.